The van der Waals surface area contributed by atoms with Crippen LogP contribution >= 0.6 is 15.9 Å². The lowest BCUT2D eigenvalue weighted by atomic mass is 10.1. The minimum atomic E-state index is -1.02. The number of ether oxygens (including phenoxy) is 1. The molecule has 0 amide bonds. The van der Waals surface area contributed by atoms with Crippen molar-refractivity contribution in [2.45, 2.75) is 64.5 Å². The van der Waals surface area contributed by atoms with Gasteiger partial charge in [0.15, 0.2) is 0 Å². The summed E-state index contributed by atoms with van der Waals surface area (Å²) in [5, 5.41) is 1.42. The van der Waals surface area contributed by atoms with Crippen molar-refractivity contribution in [3.63, 3.8) is 0 Å². The van der Waals surface area contributed by atoms with E-state index in [4.69, 9.17) is 4.74 Å². The highest BCUT2D eigenvalue weighted by molar-refractivity contribution is 9.10. The predicted octanol–water partition coefficient (Wildman–Crippen LogP) is 5.99. The van der Waals surface area contributed by atoms with Crippen LogP contribution in [0, 0.1) is 0 Å². The molecule has 1 aliphatic rings. The predicted molar refractivity (Wildman–Crippen MR) is 105 cm³/mol. The lowest BCUT2D eigenvalue weighted by molar-refractivity contribution is 0.0883. The zero-order valence-corrected chi connectivity index (χ0v) is 17.2. The van der Waals surface area contributed by atoms with Crippen LogP contribution in [0.25, 0.3) is 10.9 Å². The normalized spacial score (nSPS) is 15.7. The van der Waals surface area contributed by atoms with Crippen LogP contribution in [-0.2, 0) is 24.3 Å². The molecular weight excluding hydrogens is 366 g/mol. The van der Waals surface area contributed by atoms with Crippen molar-refractivity contribution >= 4 is 34.9 Å². The Kier molecular flexibility index (Phi) is 5.34. The molecule has 0 spiro atoms. The van der Waals surface area contributed by atoms with Crippen LogP contribution in [0.2, 0.25) is 25.7 Å². The molecule has 0 aliphatic heterocycles. The third kappa shape index (κ3) is 3.91. The number of benzene rings is 1. The van der Waals surface area contributed by atoms with Gasteiger partial charge in [0.1, 0.15) is 6.73 Å². The summed E-state index contributed by atoms with van der Waals surface area (Å²) >= 11 is 3.76. The van der Waals surface area contributed by atoms with Gasteiger partial charge in [0.2, 0.25) is 0 Å². The molecule has 0 unspecified atom stereocenters. The third-order valence-corrected chi connectivity index (χ3v) is 7.16. The van der Waals surface area contributed by atoms with Crippen molar-refractivity contribution < 1.29 is 4.74 Å². The van der Waals surface area contributed by atoms with Gasteiger partial charge in [-0.05, 0) is 59.3 Å². The Morgan fingerprint density at radius 1 is 1.13 bits per heavy atom. The lowest BCUT2D eigenvalue weighted by Gasteiger charge is -2.17. The summed E-state index contributed by atoms with van der Waals surface area (Å²) in [5.74, 6) is 0. The first-order chi connectivity index (χ1) is 11.0. The van der Waals surface area contributed by atoms with Gasteiger partial charge in [-0.15, -0.1) is 0 Å². The van der Waals surface area contributed by atoms with E-state index < -0.39 is 8.07 Å². The van der Waals surface area contributed by atoms with Crippen molar-refractivity contribution in [2.75, 3.05) is 6.61 Å². The number of aryl methyl sites for hydroxylation is 1. The average Bonchev–Trinajstić information content (AvgIpc) is 2.64. The number of hydrogen-bond acceptors (Lipinski definition) is 1. The van der Waals surface area contributed by atoms with E-state index in [1.54, 1.807) is 5.56 Å². The summed E-state index contributed by atoms with van der Waals surface area (Å²) < 4.78 is 9.73. The van der Waals surface area contributed by atoms with Crippen molar-refractivity contribution in [1.29, 1.82) is 0 Å². The zero-order chi connectivity index (χ0) is 16.4. The molecule has 1 heterocycles. The molecule has 0 saturated heterocycles. The van der Waals surface area contributed by atoms with Crippen LogP contribution in [0.3, 0.4) is 0 Å². The molecule has 2 nitrogen and oxygen atoms in total. The lowest BCUT2D eigenvalue weighted by Crippen LogP contribution is -2.22. The van der Waals surface area contributed by atoms with E-state index in [2.05, 4.69) is 58.3 Å². The monoisotopic (exact) mass is 393 g/mol. The Balaban J connectivity index is 1.90. The number of para-hydroxylation sites is 1. The Morgan fingerprint density at radius 3 is 2.70 bits per heavy atom. The Morgan fingerprint density at radius 2 is 1.91 bits per heavy atom. The van der Waals surface area contributed by atoms with E-state index in [0.29, 0.717) is 6.73 Å². The molecule has 3 rings (SSSR count). The second-order valence-corrected chi connectivity index (χ2v) is 14.4. The molecule has 2 aromatic rings. The highest BCUT2D eigenvalue weighted by atomic mass is 79.9. The molecule has 0 saturated carbocycles. The van der Waals surface area contributed by atoms with E-state index in [1.807, 2.05) is 0 Å². The van der Waals surface area contributed by atoms with Crippen LogP contribution in [0.5, 0.6) is 0 Å². The summed E-state index contributed by atoms with van der Waals surface area (Å²) in [5.41, 5.74) is 4.40. The molecule has 0 N–H and O–H groups in total. The first-order valence-corrected chi connectivity index (χ1v) is 13.3. The first-order valence-electron chi connectivity index (χ1n) is 8.83. The van der Waals surface area contributed by atoms with Crippen molar-refractivity contribution in [2.24, 2.45) is 0 Å². The Labute approximate surface area is 149 Å². The molecule has 1 aromatic carbocycles. The highest BCUT2D eigenvalue weighted by Crippen LogP contribution is 2.35. The summed E-state index contributed by atoms with van der Waals surface area (Å²) in [7, 11) is -1.02. The number of rotatable bonds is 5. The van der Waals surface area contributed by atoms with Gasteiger partial charge in [-0.25, -0.2) is 0 Å². The fraction of sp³-hybridized carbons (Fsp3) is 0.579. The fourth-order valence-corrected chi connectivity index (χ4v) is 4.84. The summed E-state index contributed by atoms with van der Waals surface area (Å²) in [6.45, 7) is 8.80. The smallest absolute Gasteiger partial charge is 0.123 e. The number of nitrogens with zero attached hydrogens (tertiary/aromatic N) is 1. The van der Waals surface area contributed by atoms with Gasteiger partial charge in [-0.2, -0.15) is 0 Å². The van der Waals surface area contributed by atoms with E-state index in [-0.39, 0.29) is 0 Å². The van der Waals surface area contributed by atoms with Crippen molar-refractivity contribution in [1.82, 2.24) is 4.57 Å². The molecule has 1 aliphatic carbocycles. The summed E-state index contributed by atoms with van der Waals surface area (Å²) in [6.07, 6.45) is 6.36. The maximum absolute atomic E-state index is 6.10. The van der Waals surface area contributed by atoms with E-state index >= 15 is 0 Å². The molecule has 23 heavy (non-hydrogen) atoms. The standard InChI is InChI=1S/C19H28BrNOSi/c1-23(2,3)13-12-22-14-21-18-11-6-4-5-8-15(18)16-9-7-10-17(20)19(16)21/h7,9-10H,4-6,8,11-14H2,1-3H3. The van der Waals surface area contributed by atoms with Gasteiger partial charge < -0.3 is 9.30 Å². The Bertz CT molecular complexity index is 687. The van der Waals surface area contributed by atoms with E-state index in [9.17, 15) is 0 Å². The second-order valence-electron chi connectivity index (χ2n) is 7.90. The second kappa shape index (κ2) is 7.12. The molecule has 0 radical (unpaired) electrons. The molecule has 126 valence electrons. The van der Waals surface area contributed by atoms with Gasteiger partial charge in [-0.1, -0.05) is 38.2 Å². The van der Waals surface area contributed by atoms with Gasteiger partial charge >= 0.3 is 0 Å². The van der Waals surface area contributed by atoms with Crippen LogP contribution in [0.15, 0.2) is 22.7 Å². The summed E-state index contributed by atoms with van der Waals surface area (Å²) in [6, 6.07) is 7.83. The Hall–Kier alpha value is -0.583. The van der Waals surface area contributed by atoms with Gasteiger partial charge in [0.25, 0.3) is 0 Å². The van der Waals surface area contributed by atoms with Crippen LogP contribution < -0.4 is 0 Å². The fourth-order valence-electron chi connectivity index (χ4n) is 3.50. The number of hydrogen-bond donors (Lipinski definition) is 0. The number of fused-ring (bicyclic) bond motifs is 3. The number of aromatic nitrogens is 1. The van der Waals surface area contributed by atoms with Crippen LogP contribution in [0.1, 0.15) is 30.5 Å². The zero-order valence-electron chi connectivity index (χ0n) is 14.6. The molecule has 0 bridgehead atoms. The minimum absolute atomic E-state index is 0.693. The maximum Gasteiger partial charge on any atom is 0.123 e. The van der Waals surface area contributed by atoms with E-state index in [1.165, 1.54) is 59.2 Å². The van der Waals surface area contributed by atoms with Gasteiger partial charge in [0, 0.05) is 30.2 Å². The van der Waals surface area contributed by atoms with E-state index in [0.717, 1.165) is 6.61 Å². The first kappa shape index (κ1) is 17.2. The molecule has 4 heteroatoms. The van der Waals surface area contributed by atoms with Gasteiger partial charge in [-0.3, -0.25) is 0 Å². The average molecular weight is 394 g/mol. The molecule has 0 atom stereocenters. The molecule has 1 aromatic heterocycles. The molecule has 0 fully saturated rings. The quantitative estimate of drug-likeness (QED) is 0.345. The topological polar surface area (TPSA) is 14.2 Å². The summed E-state index contributed by atoms with van der Waals surface area (Å²) in [4.78, 5) is 0. The van der Waals surface area contributed by atoms with Crippen molar-refractivity contribution in [3.05, 3.63) is 33.9 Å². The minimum Gasteiger partial charge on any atom is -0.361 e. The molecular formula is C19H28BrNOSi. The SMILES string of the molecule is C[Si](C)(C)CCOCn1c2c(c3cccc(Br)c31)CCCCC2. The third-order valence-electron chi connectivity index (χ3n) is 4.81. The van der Waals surface area contributed by atoms with Gasteiger partial charge in [0.05, 0.1) is 5.52 Å². The maximum atomic E-state index is 6.10. The van der Waals surface area contributed by atoms with Crippen molar-refractivity contribution in [3.8, 4) is 0 Å². The number of halogens is 1. The largest absolute Gasteiger partial charge is 0.361 e. The van der Waals surface area contributed by atoms with Crippen LogP contribution in [0.4, 0.5) is 0 Å². The highest BCUT2D eigenvalue weighted by Gasteiger charge is 2.20. The van der Waals surface area contributed by atoms with Crippen LogP contribution in [-0.4, -0.2) is 19.2 Å².